The van der Waals surface area contributed by atoms with E-state index in [4.69, 9.17) is 5.94 Å². The first-order chi connectivity index (χ1) is 10.4. The van der Waals surface area contributed by atoms with Crippen LogP contribution >= 0.6 is 0 Å². The van der Waals surface area contributed by atoms with Crippen LogP contribution in [-0.4, -0.2) is 9.97 Å². The van der Waals surface area contributed by atoms with Crippen molar-refractivity contribution in [2.24, 2.45) is 0 Å². The Morgan fingerprint density at radius 2 is 1.72 bits per heavy atom. The van der Waals surface area contributed by atoms with Crippen molar-refractivity contribution in [3.63, 3.8) is 0 Å². The van der Waals surface area contributed by atoms with Gasteiger partial charge >= 0.3 is 0 Å². The van der Waals surface area contributed by atoms with E-state index in [0.29, 0.717) is 0 Å². The molecule has 1 heterocycles. The first-order valence-electron chi connectivity index (χ1n) is 7.94. The van der Waals surface area contributed by atoms with Crippen LogP contribution in [0.15, 0.2) is 48.9 Å². The Balaban J connectivity index is -0.000000179. The maximum absolute atomic E-state index is 5.00. The van der Waals surface area contributed by atoms with Crippen LogP contribution in [0.5, 0.6) is 0 Å². The van der Waals surface area contributed by atoms with E-state index in [-0.39, 0.29) is 10.3 Å². The van der Waals surface area contributed by atoms with Crippen LogP contribution in [0, 0.1) is 0 Å². The van der Waals surface area contributed by atoms with Crippen LogP contribution in [0.3, 0.4) is 0 Å². The number of nitrogens with zero attached hydrogens (tertiary/aromatic N) is 2. The largest absolute Gasteiger partial charge is 0.244 e. The molecule has 0 N–H and O–H groups in total. The molecule has 0 aliphatic carbocycles. The molecule has 2 heteroatoms. The molecule has 2 aromatic carbocycles. The summed E-state index contributed by atoms with van der Waals surface area (Å²) in [5.74, 6) is 0. The average molecular weight is 260 g/mol. The van der Waals surface area contributed by atoms with E-state index in [2.05, 4.69) is 48.1 Å². The van der Waals surface area contributed by atoms with E-state index < -0.39 is 0 Å². The van der Waals surface area contributed by atoms with Gasteiger partial charge in [0.15, 0.2) is 0 Å². The summed E-state index contributed by atoms with van der Waals surface area (Å²) in [6.45, 7) is 4.25. The first kappa shape index (κ1) is 11.1. The number of benzene rings is 2. The Kier molecular flexibility index (Phi) is 4.15. The van der Waals surface area contributed by atoms with E-state index in [9.17, 15) is 0 Å². The van der Waals surface area contributed by atoms with Crippen LogP contribution in [-0.2, 0) is 0 Å². The first-order valence-corrected chi connectivity index (χ1v) is 5.94. The second-order valence-electron chi connectivity index (χ2n) is 3.95. The molecule has 0 radical (unpaired) electrons. The zero-order chi connectivity index (χ0) is 16.1. The Morgan fingerprint density at radius 1 is 1.06 bits per heavy atom. The summed E-state index contributed by atoms with van der Waals surface area (Å²) in [5, 5.41) is 3.50. The molecule has 102 valence electrons. The van der Waals surface area contributed by atoms with Crippen LogP contribution in [0.1, 0.15) is 36.5 Å². The normalized spacial score (nSPS) is 10.3. The van der Waals surface area contributed by atoms with Gasteiger partial charge in [-0.2, -0.15) is 0 Å². The van der Waals surface area contributed by atoms with Crippen molar-refractivity contribution in [3.05, 3.63) is 48.9 Å². The third-order valence-electron chi connectivity index (χ3n) is 2.40. The fourth-order valence-corrected chi connectivity index (χ4v) is 1.72. The molecule has 0 spiro atoms. The van der Waals surface area contributed by atoms with Crippen LogP contribution in [0.25, 0.3) is 21.7 Å². The van der Waals surface area contributed by atoms with Crippen LogP contribution in [0.2, 0.25) is 0 Å². The predicted molar refractivity (Wildman–Crippen MR) is 88.2 cm³/mol. The summed E-state index contributed by atoms with van der Waals surface area (Å²) in [6.07, 6.45) is 4.68. The van der Waals surface area contributed by atoms with Gasteiger partial charge in [-0.1, -0.05) is 64.1 Å². The molecule has 0 fully saturated rings. The van der Waals surface area contributed by atoms with Gasteiger partial charge in [0.1, 0.15) is 6.33 Å². The smallest absolute Gasteiger partial charge is 0.116 e. The molecule has 0 atom stereocenters. The number of rotatable bonds is 0. The lowest BCUT2D eigenvalue weighted by Crippen LogP contribution is -1.82. The van der Waals surface area contributed by atoms with E-state index in [1.165, 1.54) is 17.2 Å². The lowest BCUT2D eigenvalue weighted by molar-refractivity contribution is 1.09. The second-order valence-corrected chi connectivity index (χ2v) is 3.95. The van der Waals surface area contributed by atoms with E-state index in [1.54, 1.807) is 6.33 Å². The molecule has 0 saturated carbocycles. The molecule has 0 aliphatic heterocycles. The second kappa shape index (κ2) is 6.70. The monoisotopic (exact) mass is 260 g/mol. The highest BCUT2D eigenvalue weighted by Crippen LogP contribution is 2.21. The molecule has 0 amide bonds. The average Bonchev–Trinajstić information content (AvgIpc) is 2.59. The Hall–Kier alpha value is -1.96. The lowest BCUT2D eigenvalue weighted by atomic mass is 10.1. The molecular weight excluding hydrogens is 220 g/mol. The van der Waals surface area contributed by atoms with Crippen LogP contribution < -0.4 is 0 Å². The molecule has 2 nitrogen and oxygen atoms in total. The summed E-state index contributed by atoms with van der Waals surface area (Å²) in [5.41, 5.74) is 1.03. The van der Waals surface area contributed by atoms with Gasteiger partial charge < -0.3 is 0 Å². The van der Waals surface area contributed by atoms with E-state index >= 15 is 0 Å². The maximum Gasteiger partial charge on any atom is 0.116 e. The highest BCUT2D eigenvalue weighted by Gasteiger charge is 1.99. The fraction of sp³-hybridized carbons (Fsp3) is 0.250. The highest BCUT2D eigenvalue weighted by molar-refractivity contribution is 6.04. The molecule has 0 aliphatic rings. The molecule has 3 rings (SSSR count). The molecular formula is C16H28N2. The van der Waals surface area contributed by atoms with Crippen molar-refractivity contribution in [3.8, 4) is 0 Å². The minimum Gasteiger partial charge on any atom is -0.244 e. The van der Waals surface area contributed by atoms with Crippen molar-refractivity contribution >= 4 is 21.7 Å². The summed E-state index contributed by atoms with van der Waals surface area (Å²) in [6, 6.07) is 12.4. The molecule has 0 saturated heterocycles. The number of fused-ring (bicyclic) bond motifs is 3. The Morgan fingerprint density at radius 3 is 2.50 bits per heavy atom. The number of aromatic nitrogens is 2. The Bertz CT molecular complexity index is 582. The van der Waals surface area contributed by atoms with E-state index in [1.807, 2.05) is 18.3 Å². The maximum atomic E-state index is 5.00. The molecule has 0 unspecified atom stereocenters. The standard InChI is InChI=1S/C12H8N2.C3H8.CH4.4H2/c1-2-4-11-9(3-1)5-6-10-7-13-8-14-12(10)11;1-3-2;;;;;/h1-8H;3H2,1-2H3;1H4;4*1H/i;;;2*1+2T;2*1+2. The van der Waals surface area contributed by atoms with Crippen molar-refractivity contribution in [2.45, 2.75) is 27.7 Å². The van der Waals surface area contributed by atoms with Gasteiger partial charge in [-0.3, -0.25) is 0 Å². The van der Waals surface area contributed by atoms with Crippen molar-refractivity contribution < 1.29 is 8.79 Å². The number of hydrogen-bond donors (Lipinski definition) is 0. The van der Waals surface area contributed by atoms with Gasteiger partial charge in [0.2, 0.25) is 0 Å². The Labute approximate surface area is 118 Å². The van der Waals surface area contributed by atoms with Crippen molar-refractivity contribution in [2.75, 3.05) is 0 Å². The highest BCUT2D eigenvalue weighted by atomic mass is 14.8. The third kappa shape index (κ3) is 2.83. The molecule has 3 aromatic rings. The van der Waals surface area contributed by atoms with Gasteiger partial charge in [-0.15, -0.1) is 0 Å². The predicted octanol–water partition coefficient (Wildman–Crippen LogP) is 5.82. The summed E-state index contributed by atoms with van der Waals surface area (Å²) < 4.78 is 20.0. The zero-order valence-electron chi connectivity index (χ0n) is 14.2. The minimum absolute atomic E-state index is 0. The summed E-state index contributed by atoms with van der Waals surface area (Å²) in [4.78, 5) is 8.31. The van der Waals surface area contributed by atoms with E-state index in [0.717, 1.165) is 10.9 Å². The van der Waals surface area contributed by atoms with Crippen LogP contribution in [0.4, 0.5) is 0 Å². The molecule has 18 heavy (non-hydrogen) atoms. The third-order valence-corrected chi connectivity index (χ3v) is 2.40. The van der Waals surface area contributed by atoms with Gasteiger partial charge in [-0.25, -0.2) is 9.97 Å². The van der Waals surface area contributed by atoms with Crippen molar-refractivity contribution in [1.82, 2.24) is 9.97 Å². The SMILES string of the molecule is C.CCC.[3HH].[3HH].[3H][3H].[3H][3H].c1ccc2c(c1)ccc1cncnc12. The lowest BCUT2D eigenvalue weighted by Gasteiger charge is -2.00. The van der Waals surface area contributed by atoms with Gasteiger partial charge in [0.05, 0.1) is 5.52 Å². The summed E-state index contributed by atoms with van der Waals surface area (Å²) >= 11 is 0. The number of hydrogen-bond acceptors (Lipinski definition) is 2. The molecule has 0 bridgehead atoms. The van der Waals surface area contributed by atoms with Gasteiger partial charge in [0, 0.05) is 25.8 Å². The zero-order valence-corrected chi connectivity index (χ0v) is 10.2. The summed E-state index contributed by atoms with van der Waals surface area (Å²) in [7, 11) is 0. The van der Waals surface area contributed by atoms with Crippen molar-refractivity contribution in [1.29, 1.82) is 0 Å². The minimum atomic E-state index is 0. The fourth-order valence-electron chi connectivity index (χ4n) is 1.72. The molecule has 1 aromatic heterocycles. The van der Waals surface area contributed by atoms with Gasteiger partial charge in [0.25, 0.3) is 0 Å². The quantitative estimate of drug-likeness (QED) is 0.476. The topological polar surface area (TPSA) is 25.8 Å². The van der Waals surface area contributed by atoms with Gasteiger partial charge in [-0.05, 0) is 5.39 Å².